The molecule has 0 saturated carbocycles. The molecule has 0 spiro atoms. The van der Waals surface area contributed by atoms with Crippen molar-refractivity contribution < 1.29 is 23.0 Å². The average Bonchev–Trinajstić information content (AvgIpc) is 3.53. The van der Waals surface area contributed by atoms with Crippen molar-refractivity contribution in [3.63, 3.8) is 0 Å². The number of likely N-dealkylation sites (N-methyl/N-ethyl adjacent to an activating group) is 1. The third kappa shape index (κ3) is 5.05. The van der Waals surface area contributed by atoms with Crippen LogP contribution in [0.4, 0.5) is 18.6 Å². The van der Waals surface area contributed by atoms with E-state index in [4.69, 9.17) is 26.8 Å². The number of thiophene rings is 1. The molecule has 3 fully saturated rings. The van der Waals surface area contributed by atoms with Gasteiger partial charge >= 0.3 is 12.0 Å². The molecule has 0 bridgehead atoms. The molecule has 5 heterocycles. The number of nitriles is 1. The summed E-state index contributed by atoms with van der Waals surface area (Å²) in [7, 11) is 2.03. The number of hydrogen-bond donors (Lipinski definition) is 1. The molecule has 14 heteroatoms. The van der Waals surface area contributed by atoms with Crippen LogP contribution in [0.5, 0.6) is 11.9 Å². The maximum absolute atomic E-state index is 16.7. The zero-order valence-corrected chi connectivity index (χ0v) is 26.2. The number of anilines is 1. The number of likely N-dealkylation sites (tertiary alicyclic amines) is 3. The number of nitrogen functional groups attached to an aromatic ring is 1. The molecule has 2 aromatic carbocycles. The minimum absolute atomic E-state index is 0.00664. The molecule has 0 aliphatic carbocycles. The fourth-order valence-corrected chi connectivity index (χ4v) is 7.60. The summed E-state index contributed by atoms with van der Waals surface area (Å²) in [4.78, 5) is 27.3. The standard InChI is InChI=1S/C31H30ClF2N7O3S/c1-15(22-5-3-8-39(22)2)43-30-37-26-18(29(38-30)44-16-13-41(14-16)31(42)40-9-4-10-40)11-20(32)24(25(26)34)17-6-7-21(33)27-23(17)19(12-35)28(36)45-27/h6-7,11,15-16,22H,3-5,8-10,13-14,36H2,1-2H3/t15-,22-/m0/s1. The van der Waals surface area contributed by atoms with Gasteiger partial charge in [-0.25, -0.2) is 13.6 Å². The Bertz CT molecular complexity index is 1890. The van der Waals surface area contributed by atoms with Crippen molar-refractivity contribution in [3.8, 4) is 29.1 Å². The van der Waals surface area contributed by atoms with Crippen molar-refractivity contribution in [2.45, 2.75) is 44.4 Å². The number of ether oxygens (including phenoxy) is 2. The Morgan fingerprint density at radius 3 is 2.64 bits per heavy atom. The van der Waals surface area contributed by atoms with Gasteiger partial charge < -0.3 is 25.0 Å². The van der Waals surface area contributed by atoms with Gasteiger partial charge in [-0.15, -0.1) is 11.3 Å². The van der Waals surface area contributed by atoms with Gasteiger partial charge in [0.25, 0.3) is 0 Å². The summed E-state index contributed by atoms with van der Waals surface area (Å²) in [6.45, 7) is 5.09. The zero-order valence-electron chi connectivity index (χ0n) is 24.6. The molecule has 2 amide bonds. The van der Waals surface area contributed by atoms with Gasteiger partial charge in [0.2, 0.25) is 5.88 Å². The van der Waals surface area contributed by atoms with Gasteiger partial charge in [-0.1, -0.05) is 17.7 Å². The molecule has 45 heavy (non-hydrogen) atoms. The zero-order chi connectivity index (χ0) is 31.6. The Kier molecular flexibility index (Phi) is 7.54. The normalized spacial score (nSPS) is 19.4. The second kappa shape index (κ2) is 11.4. The molecule has 7 rings (SSSR count). The predicted octanol–water partition coefficient (Wildman–Crippen LogP) is 5.65. The smallest absolute Gasteiger partial charge is 0.320 e. The first-order chi connectivity index (χ1) is 21.6. The van der Waals surface area contributed by atoms with Crippen LogP contribution >= 0.6 is 22.9 Å². The van der Waals surface area contributed by atoms with E-state index in [1.54, 1.807) is 9.80 Å². The van der Waals surface area contributed by atoms with Gasteiger partial charge in [-0.05, 0) is 57.5 Å². The van der Waals surface area contributed by atoms with Crippen LogP contribution in [0.2, 0.25) is 5.02 Å². The van der Waals surface area contributed by atoms with E-state index >= 15 is 4.39 Å². The van der Waals surface area contributed by atoms with E-state index in [2.05, 4.69) is 14.9 Å². The van der Waals surface area contributed by atoms with Crippen LogP contribution in [0, 0.1) is 23.0 Å². The highest BCUT2D eigenvalue weighted by atomic mass is 35.5. The van der Waals surface area contributed by atoms with E-state index in [-0.39, 0.29) is 83.9 Å². The molecular weight excluding hydrogens is 624 g/mol. The van der Waals surface area contributed by atoms with E-state index < -0.39 is 11.6 Å². The quantitative estimate of drug-likeness (QED) is 0.284. The van der Waals surface area contributed by atoms with Gasteiger partial charge in [0, 0.05) is 30.1 Å². The van der Waals surface area contributed by atoms with E-state index in [9.17, 15) is 14.4 Å². The van der Waals surface area contributed by atoms with Gasteiger partial charge in [-0.3, -0.25) is 4.90 Å². The number of aromatic nitrogens is 2. The molecule has 0 radical (unpaired) electrons. The molecule has 3 aliphatic rings. The first kappa shape index (κ1) is 29.7. The number of nitrogens with two attached hydrogens (primary N) is 1. The average molecular weight is 654 g/mol. The van der Waals surface area contributed by atoms with E-state index in [1.165, 1.54) is 18.2 Å². The fraction of sp³-hybridized carbons (Fsp3) is 0.419. The van der Waals surface area contributed by atoms with Crippen molar-refractivity contribution in [3.05, 3.63) is 40.4 Å². The number of carbonyl (C=O) groups excluding carboxylic acids is 1. The second-order valence-corrected chi connectivity index (χ2v) is 13.2. The van der Waals surface area contributed by atoms with Crippen LogP contribution in [0.15, 0.2) is 18.2 Å². The number of halogens is 3. The molecule has 234 valence electrons. The van der Waals surface area contributed by atoms with Gasteiger partial charge in [0.05, 0.1) is 33.8 Å². The summed E-state index contributed by atoms with van der Waals surface area (Å²) in [5.41, 5.74) is 6.13. The monoisotopic (exact) mass is 653 g/mol. The maximum Gasteiger partial charge on any atom is 0.320 e. The highest BCUT2D eigenvalue weighted by Gasteiger charge is 2.37. The lowest BCUT2D eigenvalue weighted by Gasteiger charge is -2.43. The molecular formula is C31H30ClF2N7O3S. The molecule has 3 aliphatic heterocycles. The largest absolute Gasteiger partial charge is 0.470 e. The fourth-order valence-electron chi connectivity index (χ4n) is 6.36. The highest BCUT2D eigenvalue weighted by Crippen LogP contribution is 2.45. The number of urea groups is 1. The summed E-state index contributed by atoms with van der Waals surface area (Å²) < 4.78 is 44.1. The molecule has 2 atom stereocenters. The summed E-state index contributed by atoms with van der Waals surface area (Å²) in [5, 5.41) is 10.3. The topological polar surface area (TPSA) is 121 Å². The van der Waals surface area contributed by atoms with Crippen LogP contribution in [0.3, 0.4) is 0 Å². The van der Waals surface area contributed by atoms with Crippen LogP contribution < -0.4 is 15.2 Å². The lowest BCUT2D eigenvalue weighted by molar-refractivity contribution is 0.0216. The van der Waals surface area contributed by atoms with E-state index in [0.717, 1.165) is 50.2 Å². The van der Waals surface area contributed by atoms with E-state index in [1.807, 2.05) is 20.0 Å². The van der Waals surface area contributed by atoms with Crippen molar-refractivity contribution in [2.24, 2.45) is 0 Å². The van der Waals surface area contributed by atoms with Crippen LogP contribution in [0.1, 0.15) is 31.7 Å². The number of nitrogens with zero attached hydrogens (tertiary/aromatic N) is 6. The Morgan fingerprint density at radius 1 is 1.20 bits per heavy atom. The lowest BCUT2D eigenvalue weighted by Crippen LogP contribution is -2.61. The van der Waals surface area contributed by atoms with Crippen LogP contribution in [-0.4, -0.2) is 88.7 Å². The summed E-state index contributed by atoms with van der Waals surface area (Å²) >= 11 is 7.66. The summed E-state index contributed by atoms with van der Waals surface area (Å²) in [6.07, 6.45) is 2.31. The SMILES string of the molecule is C[C@H](Oc1nc(OC2CN(C(=O)N3CCC3)C2)c2cc(Cl)c(-c3ccc(F)c4sc(N)c(C#N)c34)c(F)c2n1)[C@@H]1CCCN1C. The molecule has 4 aromatic rings. The molecule has 2 N–H and O–H groups in total. The predicted molar refractivity (Wildman–Crippen MR) is 168 cm³/mol. The van der Waals surface area contributed by atoms with Crippen molar-refractivity contribution in [1.82, 2.24) is 24.7 Å². The molecule has 0 unspecified atom stereocenters. The number of fused-ring (bicyclic) bond motifs is 2. The van der Waals surface area contributed by atoms with Gasteiger partial charge in [-0.2, -0.15) is 15.2 Å². The van der Waals surface area contributed by atoms with Crippen molar-refractivity contribution >= 4 is 55.0 Å². The number of rotatable bonds is 6. The van der Waals surface area contributed by atoms with Crippen molar-refractivity contribution in [2.75, 3.05) is 45.5 Å². The molecule has 2 aromatic heterocycles. The van der Waals surface area contributed by atoms with Gasteiger partial charge in [0.1, 0.15) is 34.6 Å². The third-order valence-electron chi connectivity index (χ3n) is 8.96. The van der Waals surface area contributed by atoms with Crippen molar-refractivity contribution in [1.29, 1.82) is 5.26 Å². The Labute approximate surface area is 266 Å². The van der Waals surface area contributed by atoms with E-state index in [0.29, 0.717) is 13.1 Å². The number of amides is 2. The Balaban J connectivity index is 1.31. The molecule has 10 nitrogen and oxygen atoms in total. The summed E-state index contributed by atoms with van der Waals surface area (Å²) in [5.74, 6) is -1.30. The number of benzene rings is 2. The lowest BCUT2D eigenvalue weighted by atomic mass is 9.97. The number of hydrogen-bond acceptors (Lipinski definition) is 9. The van der Waals surface area contributed by atoms with Crippen LogP contribution in [-0.2, 0) is 0 Å². The first-order valence-corrected chi connectivity index (χ1v) is 16.0. The third-order valence-corrected chi connectivity index (χ3v) is 10.3. The molecule has 3 saturated heterocycles. The minimum Gasteiger partial charge on any atom is -0.470 e. The minimum atomic E-state index is -0.801. The van der Waals surface area contributed by atoms with Gasteiger partial charge in [0.15, 0.2) is 5.82 Å². The Hall–Kier alpha value is -3.99. The highest BCUT2D eigenvalue weighted by molar-refractivity contribution is 7.23. The number of carbonyl (C=O) groups is 1. The first-order valence-electron chi connectivity index (χ1n) is 14.8. The Morgan fingerprint density at radius 2 is 1.98 bits per heavy atom. The van der Waals surface area contributed by atoms with Crippen LogP contribution in [0.25, 0.3) is 32.1 Å². The maximum atomic E-state index is 16.7. The summed E-state index contributed by atoms with van der Waals surface area (Å²) in [6, 6.07) is 6.14. The second-order valence-electron chi connectivity index (χ2n) is 11.8.